The standard InChI is InChI=1S/C22H31F3.C4H8.C3H7NO2/c1-8-12-17(6)20(15-14-16(5)10-3)19(11-4)21(22(23,24)25)18(7)13-9-2;1-3-4-2;1-6-3(5)2-4/h9,12-15H,2,8,10-11H2,1,3-7H3;3-4H,1-2H3;2,4H2,1H3/b16-14-,17-12-,18-13-,20-15+,21-19-;4-3-;. The number of hydrogen-bond donors (Lipinski definition) is 1. The second kappa shape index (κ2) is 21.9. The Bertz CT molecular complexity index is 798. The number of carbonyl (C=O) groups is 1. The normalized spacial score (nSPS) is 13.9. The molecule has 0 rings (SSSR count). The molecule has 6 heteroatoms. The van der Waals surface area contributed by atoms with Gasteiger partial charge in [-0.2, -0.15) is 13.2 Å². The number of nitrogens with two attached hydrogens (primary N) is 1. The fourth-order valence-electron chi connectivity index (χ4n) is 2.71. The van der Waals surface area contributed by atoms with Gasteiger partial charge in [0.05, 0.1) is 19.2 Å². The average molecular weight is 498 g/mol. The highest BCUT2D eigenvalue weighted by Gasteiger charge is 2.37. The van der Waals surface area contributed by atoms with Crippen LogP contribution >= 0.6 is 0 Å². The highest BCUT2D eigenvalue weighted by molar-refractivity contribution is 5.71. The molecule has 0 aromatic carbocycles. The van der Waals surface area contributed by atoms with Crippen LogP contribution in [0.15, 0.2) is 82.5 Å². The molecule has 0 saturated heterocycles. The molecular formula is C29H46F3NO2. The van der Waals surface area contributed by atoms with Crippen LogP contribution in [-0.4, -0.2) is 25.8 Å². The number of rotatable bonds is 9. The molecule has 0 heterocycles. The average Bonchev–Trinajstić information content (AvgIpc) is 2.82. The van der Waals surface area contributed by atoms with Gasteiger partial charge in [0.1, 0.15) is 0 Å². The molecule has 200 valence electrons. The van der Waals surface area contributed by atoms with Crippen LogP contribution in [-0.2, 0) is 9.53 Å². The quantitative estimate of drug-likeness (QED) is 0.197. The van der Waals surface area contributed by atoms with Gasteiger partial charge in [-0.05, 0) is 76.2 Å². The molecule has 0 radical (unpaired) electrons. The molecule has 0 aliphatic carbocycles. The van der Waals surface area contributed by atoms with Gasteiger partial charge in [0.2, 0.25) is 0 Å². The molecule has 35 heavy (non-hydrogen) atoms. The summed E-state index contributed by atoms with van der Waals surface area (Å²) in [6, 6.07) is 0. The molecule has 3 nitrogen and oxygen atoms in total. The number of halogens is 3. The Balaban J connectivity index is -0.000000854. The van der Waals surface area contributed by atoms with Gasteiger partial charge in [0.15, 0.2) is 0 Å². The molecule has 0 aliphatic rings. The van der Waals surface area contributed by atoms with Crippen molar-refractivity contribution >= 4 is 5.97 Å². The molecule has 0 spiro atoms. The first-order valence-electron chi connectivity index (χ1n) is 11.8. The lowest BCUT2D eigenvalue weighted by atomic mass is 9.88. The fourth-order valence-corrected chi connectivity index (χ4v) is 2.71. The number of methoxy groups -OCH3 is 1. The van der Waals surface area contributed by atoms with Crippen molar-refractivity contribution in [1.82, 2.24) is 0 Å². The van der Waals surface area contributed by atoms with Crippen molar-refractivity contribution in [1.29, 1.82) is 0 Å². The largest absolute Gasteiger partial charge is 0.468 e. The van der Waals surface area contributed by atoms with Crippen molar-refractivity contribution < 1.29 is 22.7 Å². The van der Waals surface area contributed by atoms with E-state index < -0.39 is 11.7 Å². The second-order valence-electron chi connectivity index (χ2n) is 7.48. The van der Waals surface area contributed by atoms with Gasteiger partial charge in [0, 0.05) is 0 Å². The summed E-state index contributed by atoms with van der Waals surface area (Å²) in [5, 5.41) is 0. The third-order valence-electron chi connectivity index (χ3n) is 4.78. The lowest BCUT2D eigenvalue weighted by molar-refractivity contribution is -0.138. The SMILES string of the molecule is C/C=C\C.C=C\C=C(C)/C(=C(CC)/C(=C/C=C(/C)CC)C(/C)=C\CC)C(F)(F)F.COC(=O)CN. The van der Waals surface area contributed by atoms with E-state index in [1.54, 1.807) is 6.92 Å². The monoisotopic (exact) mass is 497 g/mol. The number of alkyl halides is 3. The maximum absolute atomic E-state index is 13.8. The minimum absolute atomic E-state index is 0.0312. The topological polar surface area (TPSA) is 52.3 Å². The summed E-state index contributed by atoms with van der Waals surface area (Å²) in [6.07, 6.45) is 10.1. The van der Waals surface area contributed by atoms with E-state index in [4.69, 9.17) is 5.73 Å². The molecule has 0 fully saturated rings. The predicted octanol–water partition coefficient (Wildman–Crippen LogP) is 8.73. The number of hydrogen-bond acceptors (Lipinski definition) is 3. The third-order valence-corrected chi connectivity index (χ3v) is 4.78. The van der Waals surface area contributed by atoms with Gasteiger partial charge in [-0.1, -0.05) is 75.5 Å². The van der Waals surface area contributed by atoms with Gasteiger partial charge in [-0.25, -0.2) is 0 Å². The highest BCUT2D eigenvalue weighted by Crippen LogP contribution is 2.39. The molecule has 0 aromatic rings. The van der Waals surface area contributed by atoms with Gasteiger partial charge in [-0.15, -0.1) is 0 Å². The lowest BCUT2D eigenvalue weighted by Gasteiger charge is -2.21. The van der Waals surface area contributed by atoms with Crippen molar-refractivity contribution in [2.24, 2.45) is 5.73 Å². The van der Waals surface area contributed by atoms with Crippen molar-refractivity contribution in [2.45, 2.75) is 80.8 Å². The Kier molecular flexibility index (Phi) is 23.1. The maximum atomic E-state index is 13.8. The first-order chi connectivity index (χ1) is 16.4. The van der Waals surface area contributed by atoms with Crippen LogP contribution in [0.1, 0.15) is 74.7 Å². The molecular weight excluding hydrogens is 451 g/mol. The first-order valence-corrected chi connectivity index (χ1v) is 11.8. The first kappa shape index (κ1) is 37.0. The molecule has 0 bridgehead atoms. The van der Waals surface area contributed by atoms with E-state index in [2.05, 4.69) is 11.3 Å². The van der Waals surface area contributed by atoms with E-state index in [1.165, 1.54) is 26.2 Å². The molecule has 2 N–H and O–H groups in total. The molecule has 0 unspecified atom stereocenters. The maximum Gasteiger partial charge on any atom is 0.416 e. The number of ether oxygens (including phenoxy) is 1. The Labute approximate surface area is 211 Å². The van der Waals surface area contributed by atoms with E-state index in [0.717, 1.165) is 24.0 Å². The fraction of sp³-hybridized carbons (Fsp3) is 0.483. The summed E-state index contributed by atoms with van der Waals surface area (Å²) in [5.74, 6) is -0.380. The number of esters is 1. The second-order valence-corrected chi connectivity index (χ2v) is 7.48. The van der Waals surface area contributed by atoms with Crippen LogP contribution < -0.4 is 5.73 Å². The van der Waals surface area contributed by atoms with Crippen molar-refractivity contribution in [2.75, 3.05) is 13.7 Å². The van der Waals surface area contributed by atoms with Crippen LogP contribution in [0.2, 0.25) is 0 Å². The van der Waals surface area contributed by atoms with Gasteiger partial charge in [-0.3, -0.25) is 4.79 Å². The molecule has 0 aliphatic heterocycles. The van der Waals surface area contributed by atoms with E-state index in [0.29, 0.717) is 17.6 Å². The Morgan fingerprint density at radius 2 is 1.49 bits per heavy atom. The smallest absolute Gasteiger partial charge is 0.416 e. The van der Waals surface area contributed by atoms with E-state index in [9.17, 15) is 18.0 Å². The Morgan fingerprint density at radius 1 is 0.943 bits per heavy atom. The molecule has 0 saturated carbocycles. The minimum Gasteiger partial charge on any atom is -0.468 e. The summed E-state index contributed by atoms with van der Waals surface area (Å²) in [7, 11) is 1.30. The third kappa shape index (κ3) is 17.5. The van der Waals surface area contributed by atoms with Crippen LogP contribution in [0.3, 0.4) is 0 Å². The number of allylic oxidation sites excluding steroid dienone is 13. The van der Waals surface area contributed by atoms with Gasteiger partial charge in [0.25, 0.3) is 0 Å². The van der Waals surface area contributed by atoms with Crippen molar-refractivity contribution in [3.63, 3.8) is 0 Å². The molecule has 0 amide bonds. The lowest BCUT2D eigenvalue weighted by Crippen LogP contribution is -2.17. The summed E-state index contributed by atoms with van der Waals surface area (Å²) < 4.78 is 45.6. The Morgan fingerprint density at radius 3 is 1.77 bits per heavy atom. The highest BCUT2D eigenvalue weighted by atomic mass is 19.4. The zero-order valence-electron chi connectivity index (χ0n) is 23.1. The molecule has 0 atom stereocenters. The number of carbonyl (C=O) groups excluding carboxylic acids is 1. The zero-order valence-corrected chi connectivity index (χ0v) is 23.1. The zero-order chi connectivity index (χ0) is 28.0. The Hall–Kier alpha value is -2.60. The van der Waals surface area contributed by atoms with Crippen molar-refractivity contribution in [3.05, 3.63) is 82.5 Å². The summed E-state index contributed by atoms with van der Waals surface area (Å²) >= 11 is 0. The molecule has 0 aromatic heterocycles. The van der Waals surface area contributed by atoms with Crippen molar-refractivity contribution in [3.8, 4) is 0 Å². The predicted molar refractivity (Wildman–Crippen MR) is 145 cm³/mol. The van der Waals surface area contributed by atoms with E-state index >= 15 is 0 Å². The summed E-state index contributed by atoms with van der Waals surface area (Å²) in [5.41, 5.74) is 7.41. The summed E-state index contributed by atoms with van der Waals surface area (Å²) in [4.78, 5) is 9.83. The van der Waals surface area contributed by atoms with Crippen LogP contribution in [0.5, 0.6) is 0 Å². The van der Waals surface area contributed by atoms with Gasteiger partial charge < -0.3 is 10.5 Å². The minimum atomic E-state index is -4.41. The van der Waals surface area contributed by atoms with Gasteiger partial charge >= 0.3 is 12.1 Å². The van der Waals surface area contributed by atoms with Crippen LogP contribution in [0.25, 0.3) is 0 Å². The van der Waals surface area contributed by atoms with Crippen LogP contribution in [0.4, 0.5) is 13.2 Å². The van der Waals surface area contributed by atoms with Crippen LogP contribution in [0, 0.1) is 0 Å². The van der Waals surface area contributed by atoms with E-state index in [1.807, 2.05) is 71.9 Å². The van der Waals surface area contributed by atoms with E-state index in [-0.39, 0.29) is 18.1 Å². The summed E-state index contributed by atoms with van der Waals surface area (Å²) in [6.45, 7) is 18.6.